The van der Waals surface area contributed by atoms with Crippen LogP contribution in [0.1, 0.15) is 19.4 Å². The molecular formula is C17H15F4NO2. The normalized spacial score (nSPS) is 11.9. The predicted octanol–water partition coefficient (Wildman–Crippen LogP) is 4.21. The quantitative estimate of drug-likeness (QED) is 0.653. The van der Waals surface area contributed by atoms with Gasteiger partial charge in [-0.2, -0.15) is 8.78 Å². The fourth-order valence-electron chi connectivity index (χ4n) is 1.95. The molecule has 0 aromatic heterocycles. The lowest BCUT2D eigenvalue weighted by molar-refractivity contribution is -0.122. The smallest absolute Gasteiger partial charge is 0.265 e. The first-order valence-corrected chi connectivity index (χ1v) is 7.23. The van der Waals surface area contributed by atoms with Gasteiger partial charge < -0.3 is 10.1 Å². The van der Waals surface area contributed by atoms with E-state index in [4.69, 9.17) is 4.74 Å². The number of nitrogens with one attached hydrogen (secondary N) is 1. The minimum Gasteiger partial charge on any atom is -0.475 e. The zero-order chi connectivity index (χ0) is 17.9. The summed E-state index contributed by atoms with van der Waals surface area (Å²) in [6, 6.07) is 7.00. The molecule has 7 heteroatoms. The second-order valence-corrected chi connectivity index (χ2v) is 5.10. The summed E-state index contributed by atoms with van der Waals surface area (Å²) < 4.78 is 58.1. The molecule has 2 rings (SSSR count). The van der Waals surface area contributed by atoms with Crippen LogP contribution in [0.2, 0.25) is 0 Å². The number of aryl methyl sites for hydroxylation is 1. The van der Waals surface area contributed by atoms with E-state index in [0.29, 0.717) is 5.69 Å². The summed E-state index contributed by atoms with van der Waals surface area (Å²) in [7, 11) is 0. The van der Waals surface area contributed by atoms with Gasteiger partial charge in [0.1, 0.15) is 0 Å². The van der Waals surface area contributed by atoms with Crippen molar-refractivity contribution in [3.63, 3.8) is 0 Å². The van der Waals surface area contributed by atoms with Crippen LogP contribution in [-0.4, -0.2) is 12.0 Å². The van der Waals surface area contributed by atoms with Crippen molar-refractivity contribution in [3.05, 3.63) is 59.2 Å². The first-order chi connectivity index (χ1) is 11.3. The van der Waals surface area contributed by atoms with E-state index in [-0.39, 0.29) is 6.07 Å². The highest BCUT2D eigenvalue weighted by Gasteiger charge is 2.24. The third-order valence-electron chi connectivity index (χ3n) is 3.37. The molecule has 24 heavy (non-hydrogen) atoms. The maximum absolute atomic E-state index is 13.5. The Hall–Kier alpha value is -2.57. The minimum absolute atomic E-state index is 0.0670. The molecule has 0 aliphatic rings. The van der Waals surface area contributed by atoms with Crippen LogP contribution < -0.4 is 10.1 Å². The van der Waals surface area contributed by atoms with Crippen LogP contribution in [0.15, 0.2) is 30.3 Å². The summed E-state index contributed by atoms with van der Waals surface area (Å²) >= 11 is 0. The number of benzene rings is 2. The fourth-order valence-corrected chi connectivity index (χ4v) is 1.95. The summed E-state index contributed by atoms with van der Waals surface area (Å²) in [6.45, 7) is 3.18. The van der Waals surface area contributed by atoms with Crippen molar-refractivity contribution >= 4 is 11.6 Å². The summed E-state index contributed by atoms with van der Waals surface area (Å²) in [5.41, 5.74) is 1.52. The highest BCUT2D eigenvalue weighted by molar-refractivity contribution is 5.94. The molecule has 2 aromatic rings. The zero-order valence-corrected chi connectivity index (χ0v) is 13.0. The second-order valence-electron chi connectivity index (χ2n) is 5.10. The van der Waals surface area contributed by atoms with Gasteiger partial charge in [-0.25, -0.2) is 8.78 Å². The number of ether oxygens (including phenoxy) is 1. The molecule has 0 heterocycles. The highest BCUT2D eigenvalue weighted by atomic mass is 19.2. The van der Waals surface area contributed by atoms with Gasteiger partial charge in [0, 0.05) is 11.8 Å². The van der Waals surface area contributed by atoms with Gasteiger partial charge in [0.25, 0.3) is 5.91 Å². The molecule has 0 radical (unpaired) electrons. The number of hydrogen-bond acceptors (Lipinski definition) is 2. The van der Waals surface area contributed by atoms with Gasteiger partial charge in [-0.1, -0.05) is 19.1 Å². The van der Waals surface area contributed by atoms with E-state index in [9.17, 15) is 22.4 Å². The number of amides is 1. The van der Waals surface area contributed by atoms with E-state index in [1.165, 1.54) is 6.92 Å². The Labute approximate surface area is 136 Å². The molecule has 128 valence electrons. The van der Waals surface area contributed by atoms with Crippen LogP contribution in [0.25, 0.3) is 0 Å². The van der Waals surface area contributed by atoms with Crippen molar-refractivity contribution in [3.8, 4) is 5.75 Å². The summed E-state index contributed by atoms with van der Waals surface area (Å²) in [5, 5.41) is 2.49. The summed E-state index contributed by atoms with van der Waals surface area (Å²) in [4.78, 5) is 12.0. The molecule has 2 aromatic carbocycles. The lowest BCUT2D eigenvalue weighted by Gasteiger charge is -2.16. The SMILES string of the molecule is CCc1ccc(NC(=O)[C@H](C)Oc2c(F)c(F)cc(F)c2F)cc1. The Bertz CT molecular complexity index is 721. The molecule has 0 aliphatic carbocycles. The van der Waals surface area contributed by atoms with Gasteiger partial charge in [0.2, 0.25) is 11.6 Å². The molecule has 0 saturated carbocycles. The van der Waals surface area contributed by atoms with E-state index in [2.05, 4.69) is 5.32 Å². The van der Waals surface area contributed by atoms with Crippen molar-refractivity contribution < 1.29 is 27.1 Å². The van der Waals surface area contributed by atoms with Crippen molar-refractivity contribution in [2.24, 2.45) is 0 Å². The van der Waals surface area contributed by atoms with E-state index in [0.717, 1.165) is 12.0 Å². The second kappa shape index (κ2) is 7.33. The Morgan fingerprint density at radius 2 is 1.62 bits per heavy atom. The Morgan fingerprint density at radius 1 is 1.08 bits per heavy atom. The van der Waals surface area contributed by atoms with Crippen LogP contribution in [-0.2, 0) is 11.2 Å². The Balaban J connectivity index is 2.11. The molecule has 3 nitrogen and oxygen atoms in total. The zero-order valence-electron chi connectivity index (χ0n) is 13.0. The van der Waals surface area contributed by atoms with Crippen LogP contribution in [0, 0.1) is 23.3 Å². The number of anilines is 1. The third-order valence-corrected chi connectivity index (χ3v) is 3.37. The molecule has 1 N–H and O–H groups in total. The molecule has 1 atom stereocenters. The standard InChI is InChI=1S/C17H15F4NO2/c1-3-10-4-6-11(7-5-10)22-17(23)9(2)24-16-14(20)12(18)8-13(19)15(16)21/h4-9H,3H2,1-2H3,(H,22,23)/t9-/m0/s1. The molecule has 0 aliphatic heterocycles. The van der Waals surface area contributed by atoms with E-state index in [1.54, 1.807) is 12.1 Å². The number of carbonyl (C=O) groups is 1. The topological polar surface area (TPSA) is 38.3 Å². The maximum atomic E-state index is 13.5. The first-order valence-electron chi connectivity index (χ1n) is 7.23. The van der Waals surface area contributed by atoms with Crippen LogP contribution in [0.4, 0.5) is 23.2 Å². The molecule has 0 fully saturated rings. The van der Waals surface area contributed by atoms with E-state index in [1.807, 2.05) is 19.1 Å². The lowest BCUT2D eigenvalue weighted by atomic mass is 10.1. The van der Waals surface area contributed by atoms with Crippen LogP contribution >= 0.6 is 0 Å². The van der Waals surface area contributed by atoms with E-state index >= 15 is 0 Å². The number of hydrogen-bond donors (Lipinski definition) is 1. The average Bonchev–Trinajstić information content (AvgIpc) is 2.57. The van der Waals surface area contributed by atoms with Gasteiger partial charge in [0.15, 0.2) is 23.5 Å². The van der Waals surface area contributed by atoms with Gasteiger partial charge >= 0.3 is 0 Å². The molecule has 0 saturated heterocycles. The van der Waals surface area contributed by atoms with Crippen molar-refractivity contribution in [1.82, 2.24) is 0 Å². The highest BCUT2D eigenvalue weighted by Crippen LogP contribution is 2.27. The third kappa shape index (κ3) is 3.84. The van der Waals surface area contributed by atoms with Crippen LogP contribution in [0.5, 0.6) is 5.75 Å². The molecule has 1 amide bonds. The van der Waals surface area contributed by atoms with Crippen molar-refractivity contribution in [1.29, 1.82) is 0 Å². The van der Waals surface area contributed by atoms with Gasteiger partial charge in [-0.05, 0) is 31.0 Å². The monoisotopic (exact) mass is 341 g/mol. The average molecular weight is 341 g/mol. The minimum atomic E-state index is -1.69. The number of rotatable bonds is 5. The number of carbonyl (C=O) groups excluding carboxylic acids is 1. The fraction of sp³-hybridized carbons (Fsp3) is 0.235. The van der Waals surface area contributed by atoms with Crippen LogP contribution in [0.3, 0.4) is 0 Å². The predicted molar refractivity (Wildman–Crippen MR) is 80.8 cm³/mol. The van der Waals surface area contributed by atoms with E-state index < -0.39 is 41.0 Å². The molecule has 0 unspecified atom stereocenters. The summed E-state index contributed by atoms with van der Waals surface area (Å²) in [6.07, 6.45) is -0.543. The first kappa shape index (κ1) is 17.8. The molecule has 0 spiro atoms. The Morgan fingerprint density at radius 3 is 2.12 bits per heavy atom. The largest absolute Gasteiger partial charge is 0.475 e. The molecular weight excluding hydrogens is 326 g/mol. The van der Waals surface area contributed by atoms with Gasteiger partial charge in [-0.3, -0.25) is 4.79 Å². The maximum Gasteiger partial charge on any atom is 0.265 e. The van der Waals surface area contributed by atoms with Gasteiger partial charge in [-0.15, -0.1) is 0 Å². The Kier molecular flexibility index (Phi) is 5.43. The summed E-state index contributed by atoms with van der Waals surface area (Å²) in [5.74, 6) is -8.58. The number of halogens is 4. The van der Waals surface area contributed by atoms with Gasteiger partial charge in [0.05, 0.1) is 0 Å². The van der Waals surface area contributed by atoms with Crippen molar-refractivity contribution in [2.45, 2.75) is 26.4 Å². The molecule has 0 bridgehead atoms. The van der Waals surface area contributed by atoms with Crippen molar-refractivity contribution in [2.75, 3.05) is 5.32 Å². The lowest BCUT2D eigenvalue weighted by Crippen LogP contribution is -2.31.